The van der Waals surface area contributed by atoms with Gasteiger partial charge in [-0.3, -0.25) is 14.8 Å². The molecule has 2 rings (SSSR count). The predicted molar refractivity (Wildman–Crippen MR) is 50.0 cm³/mol. The molecule has 1 N–H and O–H groups in total. The first-order valence-corrected chi connectivity index (χ1v) is 4.66. The van der Waals surface area contributed by atoms with Crippen LogP contribution in [0.3, 0.4) is 0 Å². The fourth-order valence-corrected chi connectivity index (χ4v) is 1.68. The topological polar surface area (TPSA) is 73.0 Å². The molecule has 1 saturated heterocycles. The van der Waals surface area contributed by atoms with Crippen molar-refractivity contribution >= 4 is 5.69 Å². The molecule has 0 bridgehead atoms. The zero-order valence-electron chi connectivity index (χ0n) is 7.72. The Morgan fingerprint density at radius 2 is 2.57 bits per heavy atom. The van der Waals surface area contributed by atoms with E-state index >= 15 is 0 Å². The molecule has 2 heterocycles. The van der Waals surface area contributed by atoms with Crippen LogP contribution >= 0.6 is 0 Å². The lowest BCUT2D eigenvalue weighted by molar-refractivity contribution is -0.385. The van der Waals surface area contributed by atoms with Crippen molar-refractivity contribution in [2.75, 3.05) is 13.1 Å². The fraction of sp³-hybridized carbons (Fsp3) is 0.625. The van der Waals surface area contributed by atoms with Gasteiger partial charge in [0.2, 0.25) is 0 Å². The first kappa shape index (κ1) is 9.14. The third kappa shape index (κ3) is 1.74. The molecular formula is C8H12N4O2. The third-order valence-electron chi connectivity index (χ3n) is 2.44. The van der Waals surface area contributed by atoms with E-state index in [1.165, 1.54) is 12.4 Å². The van der Waals surface area contributed by atoms with E-state index in [1.807, 2.05) is 0 Å². The van der Waals surface area contributed by atoms with Crippen molar-refractivity contribution in [2.24, 2.45) is 0 Å². The summed E-state index contributed by atoms with van der Waals surface area (Å²) >= 11 is 0. The minimum atomic E-state index is -0.417. The van der Waals surface area contributed by atoms with Gasteiger partial charge in [0.15, 0.2) is 0 Å². The van der Waals surface area contributed by atoms with Crippen molar-refractivity contribution in [3.8, 4) is 0 Å². The maximum absolute atomic E-state index is 10.4. The van der Waals surface area contributed by atoms with E-state index in [-0.39, 0.29) is 11.7 Å². The van der Waals surface area contributed by atoms with Crippen LogP contribution in [0.1, 0.15) is 18.9 Å². The Bertz CT molecular complexity index is 330. The highest BCUT2D eigenvalue weighted by molar-refractivity contribution is 5.21. The molecule has 1 aromatic rings. The number of aromatic nitrogens is 2. The molecule has 0 unspecified atom stereocenters. The van der Waals surface area contributed by atoms with Crippen LogP contribution in [0.2, 0.25) is 0 Å². The van der Waals surface area contributed by atoms with Crippen molar-refractivity contribution in [1.29, 1.82) is 0 Å². The molecule has 1 aliphatic heterocycles. The smallest absolute Gasteiger partial charge is 0.307 e. The molecule has 1 aliphatic rings. The standard InChI is InChI=1S/C8H12N4O2/c13-12(14)8-5-10-11(6-8)7-2-1-3-9-4-7/h5-7,9H,1-4H2/t7-/m1/s1. The van der Waals surface area contributed by atoms with Crippen LogP contribution in [0, 0.1) is 10.1 Å². The van der Waals surface area contributed by atoms with Gasteiger partial charge in [-0.05, 0) is 19.4 Å². The van der Waals surface area contributed by atoms with Gasteiger partial charge in [0, 0.05) is 6.54 Å². The highest BCUT2D eigenvalue weighted by Crippen LogP contribution is 2.18. The molecule has 0 amide bonds. The van der Waals surface area contributed by atoms with Crippen LogP contribution in [0.4, 0.5) is 5.69 Å². The molecule has 1 aromatic heterocycles. The molecule has 6 nitrogen and oxygen atoms in total. The summed E-state index contributed by atoms with van der Waals surface area (Å²) < 4.78 is 1.68. The maximum Gasteiger partial charge on any atom is 0.307 e. The molecular weight excluding hydrogens is 184 g/mol. The molecule has 1 fully saturated rings. The van der Waals surface area contributed by atoms with E-state index in [1.54, 1.807) is 4.68 Å². The van der Waals surface area contributed by atoms with Crippen LogP contribution in [0.15, 0.2) is 12.4 Å². The van der Waals surface area contributed by atoms with E-state index in [4.69, 9.17) is 0 Å². The predicted octanol–water partition coefficient (Wildman–Crippen LogP) is 0.716. The number of nitro groups is 1. The summed E-state index contributed by atoms with van der Waals surface area (Å²) in [5.74, 6) is 0. The summed E-state index contributed by atoms with van der Waals surface area (Å²) in [6.45, 7) is 1.87. The fourth-order valence-electron chi connectivity index (χ4n) is 1.68. The van der Waals surface area contributed by atoms with E-state index in [0.29, 0.717) is 0 Å². The summed E-state index contributed by atoms with van der Waals surface area (Å²) in [5.41, 5.74) is 0.0653. The van der Waals surface area contributed by atoms with Crippen molar-refractivity contribution in [3.05, 3.63) is 22.5 Å². The number of rotatable bonds is 2. The molecule has 0 aromatic carbocycles. The number of nitrogens with zero attached hydrogens (tertiary/aromatic N) is 3. The van der Waals surface area contributed by atoms with Crippen LogP contribution in [-0.4, -0.2) is 27.8 Å². The first-order valence-electron chi connectivity index (χ1n) is 4.66. The van der Waals surface area contributed by atoms with Crippen LogP contribution in [0.5, 0.6) is 0 Å². The quantitative estimate of drug-likeness (QED) is 0.558. The maximum atomic E-state index is 10.4. The van der Waals surface area contributed by atoms with Gasteiger partial charge in [0.1, 0.15) is 12.4 Å². The zero-order valence-corrected chi connectivity index (χ0v) is 7.72. The van der Waals surface area contributed by atoms with E-state index in [2.05, 4.69) is 10.4 Å². The van der Waals surface area contributed by atoms with Gasteiger partial charge in [-0.2, -0.15) is 5.10 Å². The zero-order chi connectivity index (χ0) is 9.97. The van der Waals surface area contributed by atoms with Gasteiger partial charge in [0.05, 0.1) is 11.0 Å². The lowest BCUT2D eigenvalue weighted by atomic mass is 10.1. The minimum absolute atomic E-state index is 0.0653. The largest absolute Gasteiger partial charge is 0.315 e. The van der Waals surface area contributed by atoms with E-state index in [0.717, 1.165) is 25.9 Å². The average Bonchev–Trinajstić information content (AvgIpc) is 2.68. The Balaban J connectivity index is 2.11. The number of hydrogen-bond acceptors (Lipinski definition) is 4. The molecule has 0 aliphatic carbocycles. The molecule has 0 saturated carbocycles. The number of piperidine rings is 1. The van der Waals surface area contributed by atoms with Gasteiger partial charge in [-0.25, -0.2) is 0 Å². The summed E-state index contributed by atoms with van der Waals surface area (Å²) in [4.78, 5) is 10.0. The Hall–Kier alpha value is -1.43. The van der Waals surface area contributed by atoms with Gasteiger partial charge in [0.25, 0.3) is 0 Å². The van der Waals surface area contributed by atoms with Crippen molar-refractivity contribution in [3.63, 3.8) is 0 Å². The molecule has 14 heavy (non-hydrogen) atoms. The minimum Gasteiger partial charge on any atom is -0.315 e. The molecule has 76 valence electrons. The summed E-state index contributed by atoms with van der Waals surface area (Å²) in [7, 11) is 0. The third-order valence-corrected chi connectivity index (χ3v) is 2.44. The van der Waals surface area contributed by atoms with Gasteiger partial charge < -0.3 is 5.32 Å². The Morgan fingerprint density at radius 1 is 1.71 bits per heavy atom. The van der Waals surface area contributed by atoms with Crippen LogP contribution < -0.4 is 5.32 Å². The second kappa shape index (κ2) is 3.75. The summed E-state index contributed by atoms with van der Waals surface area (Å²) in [6.07, 6.45) is 4.93. The summed E-state index contributed by atoms with van der Waals surface area (Å²) in [5, 5.41) is 17.7. The average molecular weight is 196 g/mol. The van der Waals surface area contributed by atoms with Crippen LogP contribution in [0.25, 0.3) is 0 Å². The molecule has 0 radical (unpaired) electrons. The Morgan fingerprint density at radius 3 is 3.14 bits per heavy atom. The van der Waals surface area contributed by atoms with Crippen LogP contribution in [-0.2, 0) is 0 Å². The van der Waals surface area contributed by atoms with Gasteiger partial charge in [-0.1, -0.05) is 0 Å². The lowest BCUT2D eigenvalue weighted by Crippen LogP contribution is -2.31. The van der Waals surface area contributed by atoms with Crippen molar-refractivity contribution in [2.45, 2.75) is 18.9 Å². The normalized spacial score (nSPS) is 22.1. The highest BCUT2D eigenvalue weighted by atomic mass is 16.6. The van der Waals surface area contributed by atoms with Gasteiger partial charge >= 0.3 is 5.69 Å². The summed E-state index contributed by atoms with van der Waals surface area (Å²) in [6, 6.07) is 0.262. The second-order valence-corrected chi connectivity index (χ2v) is 3.44. The molecule has 1 atom stereocenters. The first-order chi connectivity index (χ1) is 6.77. The highest BCUT2D eigenvalue weighted by Gasteiger charge is 2.18. The number of hydrogen-bond donors (Lipinski definition) is 1. The van der Waals surface area contributed by atoms with Gasteiger partial charge in [-0.15, -0.1) is 0 Å². The Kier molecular flexibility index (Phi) is 2.45. The second-order valence-electron chi connectivity index (χ2n) is 3.44. The monoisotopic (exact) mass is 196 g/mol. The van der Waals surface area contributed by atoms with E-state index < -0.39 is 4.92 Å². The van der Waals surface area contributed by atoms with Crippen molar-refractivity contribution in [1.82, 2.24) is 15.1 Å². The van der Waals surface area contributed by atoms with E-state index in [9.17, 15) is 10.1 Å². The Labute approximate surface area is 81.1 Å². The van der Waals surface area contributed by atoms with Crippen molar-refractivity contribution < 1.29 is 4.92 Å². The SMILES string of the molecule is O=[N+]([O-])c1cnn([C@@H]2CCCNC2)c1. The molecule has 0 spiro atoms. The number of nitrogens with one attached hydrogen (secondary N) is 1. The lowest BCUT2D eigenvalue weighted by Gasteiger charge is -2.22. The molecule has 6 heteroatoms.